The van der Waals surface area contributed by atoms with Crippen LogP contribution in [0, 0.1) is 5.82 Å². The van der Waals surface area contributed by atoms with Gasteiger partial charge >= 0.3 is 0 Å². The average Bonchev–Trinajstić information content (AvgIpc) is 2.55. The maximum absolute atomic E-state index is 13.9. The number of nitrogens with zero attached hydrogens (tertiary/aromatic N) is 3. The number of rotatable bonds is 3. The van der Waals surface area contributed by atoms with E-state index in [-0.39, 0.29) is 0 Å². The molecule has 1 N–H and O–H groups in total. The van der Waals surface area contributed by atoms with Gasteiger partial charge in [-0.15, -0.1) is 0 Å². The fourth-order valence-electron chi connectivity index (χ4n) is 2.01. The number of halogens is 1. The molecule has 4 nitrogen and oxygen atoms in total. The molecule has 104 valence electrons. The highest BCUT2D eigenvalue weighted by molar-refractivity contribution is 5.67. The Balaban J connectivity index is 2.17. The van der Waals surface area contributed by atoms with Gasteiger partial charge in [0, 0.05) is 30.4 Å². The van der Waals surface area contributed by atoms with Crippen molar-refractivity contribution < 1.29 is 4.39 Å². The van der Waals surface area contributed by atoms with Crippen LogP contribution < -0.4 is 5.32 Å². The van der Waals surface area contributed by atoms with Gasteiger partial charge < -0.3 is 5.32 Å². The molecule has 2 heterocycles. The van der Waals surface area contributed by atoms with Crippen molar-refractivity contribution in [3.8, 4) is 22.6 Å². The Kier molecular flexibility index (Phi) is 3.55. The molecule has 1 aromatic carbocycles. The van der Waals surface area contributed by atoms with Gasteiger partial charge in [-0.25, -0.2) is 14.4 Å². The van der Waals surface area contributed by atoms with Crippen LogP contribution in [0.4, 0.5) is 10.2 Å². The molecule has 0 saturated carbocycles. The van der Waals surface area contributed by atoms with Crippen molar-refractivity contribution in [2.75, 3.05) is 12.4 Å². The number of pyridine rings is 1. The smallest absolute Gasteiger partial charge is 0.162 e. The van der Waals surface area contributed by atoms with Crippen molar-refractivity contribution in [2.24, 2.45) is 0 Å². The Hall–Kier alpha value is -2.82. The molecule has 0 radical (unpaired) electrons. The third kappa shape index (κ3) is 2.72. The van der Waals surface area contributed by atoms with Crippen LogP contribution in [0.5, 0.6) is 0 Å². The van der Waals surface area contributed by atoms with Crippen LogP contribution in [0.25, 0.3) is 22.6 Å². The minimum atomic E-state index is -0.405. The zero-order valence-corrected chi connectivity index (χ0v) is 11.4. The van der Waals surface area contributed by atoms with Crippen LogP contribution in [0.1, 0.15) is 0 Å². The summed E-state index contributed by atoms with van der Waals surface area (Å²) in [5, 5.41) is 2.98. The second kappa shape index (κ2) is 5.66. The average molecular weight is 280 g/mol. The van der Waals surface area contributed by atoms with Gasteiger partial charge in [0.25, 0.3) is 0 Å². The molecular weight excluding hydrogens is 267 g/mol. The minimum absolute atomic E-state index is 0.404. The van der Waals surface area contributed by atoms with Gasteiger partial charge in [-0.2, -0.15) is 0 Å². The Morgan fingerprint density at radius 1 is 1.05 bits per heavy atom. The molecule has 5 heteroatoms. The lowest BCUT2D eigenvalue weighted by Gasteiger charge is -2.08. The number of anilines is 1. The maximum Gasteiger partial charge on any atom is 0.162 e. The standard InChI is InChI=1S/C16H13FN4/c1-18-15-9-14(12-7-8-19-10-13(12)17)20-16(21-15)11-5-3-2-4-6-11/h2-10H,1H3,(H,18,20,21). The number of aromatic nitrogens is 3. The summed E-state index contributed by atoms with van der Waals surface area (Å²) >= 11 is 0. The first kappa shape index (κ1) is 13.2. The van der Waals surface area contributed by atoms with Crippen LogP contribution in [-0.2, 0) is 0 Å². The van der Waals surface area contributed by atoms with Gasteiger partial charge in [0.15, 0.2) is 11.6 Å². The lowest BCUT2D eigenvalue weighted by molar-refractivity contribution is 0.624. The lowest BCUT2D eigenvalue weighted by atomic mass is 10.1. The highest BCUT2D eigenvalue weighted by Gasteiger charge is 2.11. The summed E-state index contributed by atoms with van der Waals surface area (Å²) in [6.45, 7) is 0. The Labute approximate surface area is 121 Å². The first-order valence-electron chi connectivity index (χ1n) is 6.50. The van der Waals surface area contributed by atoms with Crippen molar-refractivity contribution in [1.29, 1.82) is 0 Å². The van der Waals surface area contributed by atoms with Gasteiger partial charge in [-0.05, 0) is 6.07 Å². The molecule has 3 aromatic rings. The summed E-state index contributed by atoms with van der Waals surface area (Å²) in [6, 6.07) is 12.9. The molecule has 0 atom stereocenters. The molecule has 0 spiro atoms. The Morgan fingerprint density at radius 2 is 1.86 bits per heavy atom. The summed E-state index contributed by atoms with van der Waals surface area (Å²) in [5.74, 6) is 0.779. The largest absolute Gasteiger partial charge is 0.373 e. The van der Waals surface area contributed by atoms with Crippen LogP contribution >= 0.6 is 0 Å². The molecule has 0 amide bonds. The first-order chi connectivity index (χ1) is 10.3. The van der Waals surface area contributed by atoms with E-state index in [1.807, 2.05) is 30.3 Å². The summed E-state index contributed by atoms with van der Waals surface area (Å²) in [5.41, 5.74) is 1.81. The van der Waals surface area contributed by atoms with Gasteiger partial charge in [0.2, 0.25) is 0 Å². The topological polar surface area (TPSA) is 50.7 Å². The lowest BCUT2D eigenvalue weighted by Crippen LogP contribution is -1.99. The van der Waals surface area contributed by atoms with Gasteiger partial charge in [0.05, 0.1) is 11.9 Å². The fraction of sp³-hybridized carbons (Fsp3) is 0.0625. The zero-order chi connectivity index (χ0) is 14.7. The third-order valence-electron chi connectivity index (χ3n) is 3.06. The second-order valence-corrected chi connectivity index (χ2v) is 4.43. The van der Waals surface area contributed by atoms with Crippen molar-refractivity contribution in [2.45, 2.75) is 0 Å². The minimum Gasteiger partial charge on any atom is -0.373 e. The van der Waals surface area contributed by atoms with Crippen molar-refractivity contribution >= 4 is 5.82 Å². The van der Waals surface area contributed by atoms with Crippen LogP contribution in [0.2, 0.25) is 0 Å². The summed E-state index contributed by atoms with van der Waals surface area (Å²) in [4.78, 5) is 12.6. The molecule has 0 unspecified atom stereocenters. The molecule has 3 rings (SSSR count). The van der Waals surface area contributed by atoms with Crippen LogP contribution in [-0.4, -0.2) is 22.0 Å². The molecular formula is C16H13FN4. The van der Waals surface area contributed by atoms with E-state index in [4.69, 9.17) is 0 Å². The van der Waals surface area contributed by atoms with E-state index >= 15 is 0 Å². The van der Waals surface area contributed by atoms with E-state index in [0.29, 0.717) is 22.9 Å². The number of nitrogens with one attached hydrogen (secondary N) is 1. The molecule has 0 bridgehead atoms. The molecule has 2 aromatic heterocycles. The van der Waals surface area contributed by atoms with E-state index in [1.165, 1.54) is 6.20 Å². The van der Waals surface area contributed by atoms with Gasteiger partial charge in [0.1, 0.15) is 5.82 Å². The number of hydrogen-bond donors (Lipinski definition) is 1. The van der Waals surface area contributed by atoms with E-state index < -0.39 is 5.82 Å². The second-order valence-electron chi connectivity index (χ2n) is 4.43. The SMILES string of the molecule is CNc1cc(-c2ccncc2F)nc(-c2ccccc2)n1. The number of benzene rings is 1. The van der Waals surface area contributed by atoms with E-state index in [2.05, 4.69) is 20.3 Å². The third-order valence-corrected chi connectivity index (χ3v) is 3.06. The molecule has 0 aliphatic carbocycles. The predicted molar refractivity (Wildman–Crippen MR) is 80.2 cm³/mol. The fourth-order valence-corrected chi connectivity index (χ4v) is 2.01. The Morgan fingerprint density at radius 3 is 2.57 bits per heavy atom. The summed E-state index contributed by atoms with van der Waals surface area (Å²) < 4.78 is 13.9. The predicted octanol–water partition coefficient (Wildman–Crippen LogP) is 3.39. The van der Waals surface area contributed by atoms with Crippen LogP contribution in [0.15, 0.2) is 54.9 Å². The van der Waals surface area contributed by atoms with E-state index in [0.717, 1.165) is 5.56 Å². The normalized spacial score (nSPS) is 10.4. The van der Waals surface area contributed by atoms with Crippen molar-refractivity contribution in [3.05, 3.63) is 60.7 Å². The quantitative estimate of drug-likeness (QED) is 0.799. The summed E-state index contributed by atoms with van der Waals surface area (Å²) in [7, 11) is 1.77. The molecule has 21 heavy (non-hydrogen) atoms. The van der Waals surface area contributed by atoms with E-state index in [9.17, 15) is 4.39 Å². The summed E-state index contributed by atoms with van der Waals surface area (Å²) in [6.07, 6.45) is 2.72. The Bertz CT molecular complexity index is 759. The molecule has 0 saturated heterocycles. The highest BCUT2D eigenvalue weighted by atomic mass is 19.1. The molecule has 0 aliphatic rings. The maximum atomic E-state index is 13.9. The molecule has 0 aliphatic heterocycles. The molecule has 0 fully saturated rings. The van der Waals surface area contributed by atoms with Crippen molar-refractivity contribution in [3.63, 3.8) is 0 Å². The van der Waals surface area contributed by atoms with Crippen LogP contribution in [0.3, 0.4) is 0 Å². The zero-order valence-electron chi connectivity index (χ0n) is 11.4. The first-order valence-corrected chi connectivity index (χ1v) is 6.50. The number of hydrogen-bond acceptors (Lipinski definition) is 4. The highest BCUT2D eigenvalue weighted by Crippen LogP contribution is 2.25. The van der Waals surface area contributed by atoms with Gasteiger partial charge in [-0.1, -0.05) is 30.3 Å². The van der Waals surface area contributed by atoms with Gasteiger partial charge in [-0.3, -0.25) is 4.98 Å². The monoisotopic (exact) mass is 280 g/mol. The van der Waals surface area contributed by atoms with E-state index in [1.54, 1.807) is 25.4 Å². The van der Waals surface area contributed by atoms with Crippen molar-refractivity contribution in [1.82, 2.24) is 15.0 Å².